The van der Waals surface area contributed by atoms with Gasteiger partial charge in [0.2, 0.25) is 15.9 Å². The molecule has 2 heterocycles. The number of carbonyl (C=O) groups is 2. The molecule has 0 spiro atoms. The fourth-order valence-electron chi connectivity index (χ4n) is 3.50. The van der Waals surface area contributed by atoms with E-state index in [1.54, 1.807) is 25.1 Å². The van der Waals surface area contributed by atoms with Crippen molar-refractivity contribution >= 4 is 38.7 Å². The maximum Gasteiger partial charge on any atom is 0.246 e. The minimum atomic E-state index is -3.71. The molecule has 31 heavy (non-hydrogen) atoms. The molecule has 0 atom stereocenters. The first-order chi connectivity index (χ1) is 14.9. The van der Waals surface area contributed by atoms with E-state index < -0.39 is 10.0 Å². The van der Waals surface area contributed by atoms with Crippen LogP contribution in [0.25, 0.3) is 0 Å². The normalized spacial score (nSPS) is 14.9. The Balaban J connectivity index is 1.66. The maximum absolute atomic E-state index is 13.2. The summed E-state index contributed by atoms with van der Waals surface area (Å²) in [4.78, 5) is 25.2. The monoisotopic (exact) mass is 464 g/mol. The quantitative estimate of drug-likeness (QED) is 0.529. The number of thiophene rings is 1. The standard InChI is InChI=1S/C22H28N2O5S2/c1-2-29-19-12-11-17(16-21(19)31(27,28)24-13-4-3-5-14-24)23-22(26)10-6-8-18(25)20-9-7-15-30-20/h7,9,11-12,15-16H,2-6,8,10,13-14H2,1H3,(H,23,26). The van der Waals surface area contributed by atoms with Gasteiger partial charge in [0, 0.05) is 31.6 Å². The highest BCUT2D eigenvalue weighted by Crippen LogP contribution is 2.31. The Hall–Kier alpha value is -2.23. The van der Waals surface area contributed by atoms with E-state index in [0.717, 1.165) is 19.3 Å². The van der Waals surface area contributed by atoms with Crippen LogP contribution in [0.5, 0.6) is 5.75 Å². The van der Waals surface area contributed by atoms with Crippen molar-refractivity contribution in [3.63, 3.8) is 0 Å². The Labute approximate surface area is 187 Å². The highest BCUT2D eigenvalue weighted by molar-refractivity contribution is 7.89. The van der Waals surface area contributed by atoms with E-state index in [1.165, 1.54) is 21.7 Å². The average molecular weight is 465 g/mol. The van der Waals surface area contributed by atoms with Crippen molar-refractivity contribution < 1.29 is 22.7 Å². The van der Waals surface area contributed by atoms with Crippen molar-refractivity contribution in [3.8, 4) is 5.75 Å². The fraction of sp³-hybridized carbons (Fsp3) is 0.455. The van der Waals surface area contributed by atoms with Crippen LogP contribution < -0.4 is 10.1 Å². The van der Waals surface area contributed by atoms with Crippen LogP contribution in [-0.2, 0) is 14.8 Å². The maximum atomic E-state index is 13.2. The Bertz CT molecular complexity index is 997. The number of anilines is 1. The van der Waals surface area contributed by atoms with Gasteiger partial charge in [0.1, 0.15) is 10.6 Å². The lowest BCUT2D eigenvalue weighted by Crippen LogP contribution is -2.35. The van der Waals surface area contributed by atoms with E-state index in [2.05, 4.69) is 5.32 Å². The van der Waals surface area contributed by atoms with Crippen molar-refractivity contribution in [2.45, 2.75) is 50.3 Å². The van der Waals surface area contributed by atoms with E-state index >= 15 is 0 Å². The number of amides is 1. The molecule has 1 aromatic heterocycles. The molecule has 1 saturated heterocycles. The smallest absolute Gasteiger partial charge is 0.246 e. The SMILES string of the molecule is CCOc1ccc(NC(=O)CCCC(=O)c2cccs2)cc1S(=O)(=O)N1CCCCC1. The van der Waals surface area contributed by atoms with E-state index in [4.69, 9.17) is 4.74 Å². The van der Waals surface area contributed by atoms with Gasteiger partial charge in [0.15, 0.2) is 5.78 Å². The van der Waals surface area contributed by atoms with E-state index in [0.29, 0.717) is 43.1 Å². The van der Waals surface area contributed by atoms with Crippen molar-refractivity contribution in [2.24, 2.45) is 0 Å². The third kappa shape index (κ3) is 6.15. The summed E-state index contributed by atoms with van der Waals surface area (Å²) in [5, 5.41) is 4.60. The molecule has 0 aliphatic carbocycles. The average Bonchev–Trinajstić information content (AvgIpc) is 3.30. The van der Waals surface area contributed by atoms with Crippen molar-refractivity contribution in [2.75, 3.05) is 25.0 Å². The van der Waals surface area contributed by atoms with Gasteiger partial charge in [-0.1, -0.05) is 12.5 Å². The molecule has 0 unspecified atom stereocenters. The zero-order valence-electron chi connectivity index (χ0n) is 17.6. The second-order valence-electron chi connectivity index (χ2n) is 7.36. The lowest BCUT2D eigenvalue weighted by Gasteiger charge is -2.27. The topological polar surface area (TPSA) is 92.8 Å². The molecule has 1 amide bonds. The number of hydrogen-bond donors (Lipinski definition) is 1. The highest BCUT2D eigenvalue weighted by Gasteiger charge is 2.29. The molecule has 0 saturated carbocycles. The number of sulfonamides is 1. The number of rotatable bonds is 10. The number of ether oxygens (including phenoxy) is 1. The Morgan fingerprint density at radius 1 is 1.13 bits per heavy atom. The van der Waals surface area contributed by atoms with Crippen LogP contribution >= 0.6 is 11.3 Å². The van der Waals surface area contributed by atoms with Crippen molar-refractivity contribution in [1.29, 1.82) is 0 Å². The van der Waals surface area contributed by atoms with Crippen LogP contribution in [0, 0.1) is 0 Å². The first kappa shape index (κ1) is 23.4. The lowest BCUT2D eigenvalue weighted by molar-refractivity contribution is -0.116. The summed E-state index contributed by atoms with van der Waals surface area (Å²) in [6.45, 7) is 3.11. The van der Waals surface area contributed by atoms with Gasteiger partial charge in [0.25, 0.3) is 0 Å². The van der Waals surface area contributed by atoms with Crippen LogP contribution in [0.4, 0.5) is 5.69 Å². The van der Waals surface area contributed by atoms with Gasteiger partial charge in [-0.3, -0.25) is 9.59 Å². The van der Waals surface area contributed by atoms with Crippen LogP contribution in [-0.4, -0.2) is 44.1 Å². The van der Waals surface area contributed by atoms with Crippen molar-refractivity contribution in [3.05, 3.63) is 40.6 Å². The summed E-state index contributed by atoms with van der Waals surface area (Å²) in [5.41, 5.74) is 0.397. The summed E-state index contributed by atoms with van der Waals surface area (Å²) in [6.07, 6.45) is 3.60. The summed E-state index contributed by atoms with van der Waals surface area (Å²) in [5.74, 6) is 0.0517. The molecule has 3 rings (SSSR count). The minimum absolute atomic E-state index is 0.0266. The van der Waals surface area contributed by atoms with Crippen LogP contribution in [0.3, 0.4) is 0 Å². The number of benzene rings is 1. The van der Waals surface area contributed by atoms with E-state index in [1.807, 2.05) is 11.4 Å². The third-order valence-corrected chi connectivity index (χ3v) is 7.89. The molecule has 168 valence electrons. The molecule has 0 radical (unpaired) electrons. The zero-order chi connectivity index (χ0) is 22.3. The Kier molecular flexibility index (Phi) is 8.22. The number of piperidine rings is 1. The number of hydrogen-bond acceptors (Lipinski definition) is 6. The fourth-order valence-corrected chi connectivity index (χ4v) is 5.87. The summed E-state index contributed by atoms with van der Waals surface area (Å²) < 4.78 is 33.4. The lowest BCUT2D eigenvalue weighted by atomic mass is 10.1. The van der Waals surface area contributed by atoms with Gasteiger partial charge in [-0.25, -0.2) is 8.42 Å². The number of nitrogens with zero attached hydrogens (tertiary/aromatic N) is 1. The van der Waals surface area contributed by atoms with Crippen LogP contribution in [0.1, 0.15) is 55.1 Å². The zero-order valence-corrected chi connectivity index (χ0v) is 19.3. The molecular weight excluding hydrogens is 436 g/mol. The van der Waals surface area contributed by atoms with E-state index in [9.17, 15) is 18.0 Å². The highest BCUT2D eigenvalue weighted by atomic mass is 32.2. The number of Topliss-reactive ketones (excluding diaryl/α,β-unsaturated/α-hetero) is 1. The molecule has 2 aromatic rings. The van der Waals surface area contributed by atoms with Gasteiger partial charge >= 0.3 is 0 Å². The molecular formula is C22H28N2O5S2. The molecule has 1 fully saturated rings. The molecule has 1 N–H and O–H groups in total. The van der Waals surface area contributed by atoms with Crippen LogP contribution in [0.15, 0.2) is 40.6 Å². The number of carbonyl (C=O) groups excluding carboxylic acids is 2. The first-order valence-corrected chi connectivity index (χ1v) is 12.9. The van der Waals surface area contributed by atoms with Gasteiger partial charge in [-0.15, -0.1) is 11.3 Å². The molecule has 1 aliphatic rings. The number of nitrogens with one attached hydrogen (secondary N) is 1. The Morgan fingerprint density at radius 3 is 2.58 bits per heavy atom. The second kappa shape index (κ2) is 10.9. The van der Waals surface area contributed by atoms with E-state index in [-0.39, 0.29) is 28.8 Å². The second-order valence-corrected chi connectivity index (χ2v) is 10.2. The molecule has 1 aromatic carbocycles. The predicted octanol–water partition coefficient (Wildman–Crippen LogP) is 4.31. The first-order valence-electron chi connectivity index (χ1n) is 10.6. The summed E-state index contributed by atoms with van der Waals surface area (Å²) in [6, 6.07) is 8.28. The third-order valence-electron chi connectivity index (χ3n) is 5.06. The van der Waals surface area contributed by atoms with Crippen molar-refractivity contribution in [1.82, 2.24) is 4.31 Å². The van der Waals surface area contributed by atoms with Gasteiger partial charge in [0.05, 0.1) is 11.5 Å². The van der Waals surface area contributed by atoms with Gasteiger partial charge in [-0.2, -0.15) is 4.31 Å². The van der Waals surface area contributed by atoms with Gasteiger partial charge in [-0.05, 0) is 55.8 Å². The largest absolute Gasteiger partial charge is 0.492 e. The molecule has 1 aliphatic heterocycles. The van der Waals surface area contributed by atoms with Gasteiger partial charge < -0.3 is 10.1 Å². The summed E-state index contributed by atoms with van der Waals surface area (Å²) in [7, 11) is -3.71. The molecule has 0 bridgehead atoms. The minimum Gasteiger partial charge on any atom is -0.492 e. The number of ketones is 1. The molecule has 9 heteroatoms. The summed E-state index contributed by atoms with van der Waals surface area (Å²) >= 11 is 1.39. The molecule has 7 nitrogen and oxygen atoms in total. The van der Waals surface area contributed by atoms with Crippen LogP contribution in [0.2, 0.25) is 0 Å². The Morgan fingerprint density at radius 2 is 1.90 bits per heavy atom. The predicted molar refractivity (Wildman–Crippen MR) is 121 cm³/mol.